The first-order valence-corrected chi connectivity index (χ1v) is 9.92. The van der Waals surface area contributed by atoms with E-state index in [2.05, 4.69) is 55.1 Å². The quantitative estimate of drug-likeness (QED) is 0.136. The number of hydrogen-bond acceptors (Lipinski definition) is 6. The van der Waals surface area contributed by atoms with Crippen LogP contribution >= 0.6 is 45.2 Å². The summed E-state index contributed by atoms with van der Waals surface area (Å²) < 4.78 is 16.0. The first-order valence-electron chi connectivity index (χ1n) is 6.87. The third kappa shape index (κ3) is 11.3. The second-order valence-corrected chi connectivity index (χ2v) is 8.75. The van der Waals surface area contributed by atoms with Gasteiger partial charge in [-0.2, -0.15) is 0 Å². The van der Waals surface area contributed by atoms with Crippen LogP contribution in [0.3, 0.4) is 0 Å². The smallest absolute Gasteiger partial charge is 0.481 e. The Morgan fingerprint density at radius 1 is 1.12 bits per heavy atom. The topological polar surface area (TPSA) is 73.8 Å². The molecule has 2 aromatic heterocycles. The molecule has 1 atom stereocenters. The summed E-state index contributed by atoms with van der Waals surface area (Å²) in [6, 6.07) is 7.11. The zero-order valence-electron chi connectivity index (χ0n) is 15.3. The normalized spacial score (nSPS) is 13.2. The van der Waals surface area contributed by atoms with Gasteiger partial charge in [0.25, 0.3) is 0 Å². The second kappa shape index (κ2) is 16.7. The molecule has 0 bridgehead atoms. The molecule has 1 aliphatic heterocycles. The van der Waals surface area contributed by atoms with Crippen molar-refractivity contribution in [1.82, 2.24) is 9.97 Å². The van der Waals surface area contributed by atoms with Gasteiger partial charge in [-0.15, -0.1) is 0 Å². The van der Waals surface area contributed by atoms with E-state index in [0.717, 1.165) is 18.5 Å². The third-order valence-electron chi connectivity index (χ3n) is 2.78. The molecule has 0 aliphatic carbocycles. The number of nitrogens with zero attached hydrogens (tertiary/aromatic N) is 2. The molecule has 0 aromatic carbocycles. The molecule has 2 aromatic rings. The van der Waals surface area contributed by atoms with Gasteiger partial charge in [-0.1, -0.05) is 45.2 Å². The molecule has 0 saturated carbocycles. The number of rotatable bonds is 4. The van der Waals surface area contributed by atoms with Crippen LogP contribution in [0.4, 0.5) is 0 Å². The molecule has 0 radical (unpaired) electrons. The number of alkyl halides is 2. The second-order valence-electron chi connectivity index (χ2n) is 4.31. The van der Waals surface area contributed by atoms with Gasteiger partial charge in [-0.25, -0.2) is 9.97 Å². The Morgan fingerprint density at radius 3 is 1.92 bits per heavy atom. The van der Waals surface area contributed by atoms with Crippen molar-refractivity contribution in [2.24, 2.45) is 0 Å². The Kier molecular flexibility index (Phi) is 17.9. The van der Waals surface area contributed by atoms with Crippen LogP contribution in [0.25, 0.3) is 0 Å². The molecule has 0 N–H and O–H groups in total. The van der Waals surface area contributed by atoms with E-state index in [9.17, 15) is 4.79 Å². The van der Waals surface area contributed by atoms with Crippen LogP contribution in [0.2, 0.25) is 0 Å². The van der Waals surface area contributed by atoms with E-state index in [4.69, 9.17) is 14.2 Å². The molecule has 3 rings (SSSR count). The summed E-state index contributed by atoms with van der Waals surface area (Å²) in [4.78, 5) is 18.0. The number of methoxy groups -OCH3 is 2. The Bertz CT molecular complexity index is 597. The number of epoxide rings is 1. The molecular formula is C17H21I2LiN2O4. The summed E-state index contributed by atoms with van der Waals surface area (Å²) in [7, 11) is 3.14. The Balaban J connectivity index is 0. The fourth-order valence-corrected chi connectivity index (χ4v) is 1.53. The maximum Gasteiger partial charge on any atom is 1.00 e. The van der Waals surface area contributed by atoms with E-state index in [0.29, 0.717) is 17.3 Å². The predicted octanol–water partition coefficient (Wildman–Crippen LogP) is 1.33. The molecule has 0 amide bonds. The van der Waals surface area contributed by atoms with Gasteiger partial charge in [0.05, 0.1) is 23.3 Å². The van der Waals surface area contributed by atoms with Crippen molar-refractivity contribution in [2.45, 2.75) is 6.10 Å². The van der Waals surface area contributed by atoms with Crippen molar-refractivity contribution < 1.29 is 37.9 Å². The van der Waals surface area contributed by atoms with Crippen LogP contribution in [-0.2, 0) is 4.74 Å². The van der Waals surface area contributed by atoms with E-state index >= 15 is 0 Å². The van der Waals surface area contributed by atoms with Crippen molar-refractivity contribution in [1.29, 1.82) is 0 Å². The van der Waals surface area contributed by atoms with Crippen LogP contribution in [0.1, 0.15) is 22.0 Å². The fourth-order valence-electron chi connectivity index (χ4n) is 1.53. The SMILES string of the molecule is COc1ccc(C2CO2)cn1.COc1ccc(C=O)cn1.ICI.[CH3-].[Li+]. The van der Waals surface area contributed by atoms with Crippen molar-refractivity contribution in [3.05, 3.63) is 55.2 Å². The standard InChI is InChI=1S/C8H9NO2.C7H7NO2.CH2I2.CH3.Li/c1-10-8-3-2-6(4-9-8)7-5-11-7;1-10-7-3-2-6(5-9)4-8-7;2-1-3;;/h2-4,7H,5H2,1H3;2-5H,1H3;1H2;1H3;/q;;;-1;+1. The molecular weight excluding hydrogens is 557 g/mol. The van der Waals surface area contributed by atoms with Crippen LogP contribution in [-0.4, -0.2) is 39.5 Å². The number of carbonyl (C=O) groups is 1. The van der Waals surface area contributed by atoms with Crippen LogP contribution < -0.4 is 28.3 Å². The molecule has 0 spiro atoms. The Morgan fingerprint density at radius 2 is 1.62 bits per heavy atom. The largest absolute Gasteiger partial charge is 1.00 e. The molecule has 1 fully saturated rings. The van der Waals surface area contributed by atoms with E-state index in [1.54, 1.807) is 25.4 Å². The minimum Gasteiger partial charge on any atom is -0.481 e. The number of pyridine rings is 2. The molecule has 1 unspecified atom stereocenters. The number of aromatic nitrogens is 2. The summed E-state index contributed by atoms with van der Waals surface area (Å²) in [5.74, 6) is 1.17. The molecule has 6 nitrogen and oxygen atoms in total. The Hall–Kier alpha value is -0.413. The maximum absolute atomic E-state index is 10.1. The van der Waals surface area contributed by atoms with Crippen molar-refractivity contribution in [3.63, 3.8) is 0 Å². The van der Waals surface area contributed by atoms with E-state index < -0.39 is 0 Å². The average Bonchev–Trinajstić information content (AvgIpc) is 3.48. The van der Waals surface area contributed by atoms with Gasteiger partial charge >= 0.3 is 18.9 Å². The number of aldehydes is 1. The zero-order chi connectivity index (χ0) is 17.8. The average molecular weight is 578 g/mol. The molecule has 1 saturated heterocycles. The number of hydrogen-bond donors (Lipinski definition) is 0. The number of halogens is 2. The van der Waals surface area contributed by atoms with Gasteiger partial charge in [-0.3, -0.25) is 4.79 Å². The maximum atomic E-state index is 10.1. The summed E-state index contributed by atoms with van der Waals surface area (Å²) in [6.45, 7) is 0.827. The molecule has 1 aliphatic rings. The van der Waals surface area contributed by atoms with Gasteiger partial charge in [0.15, 0.2) is 6.29 Å². The first-order chi connectivity index (χ1) is 11.7. The molecule has 138 valence electrons. The zero-order valence-corrected chi connectivity index (χ0v) is 19.6. The Labute approximate surface area is 194 Å². The van der Waals surface area contributed by atoms with Crippen LogP contribution in [0.5, 0.6) is 11.8 Å². The van der Waals surface area contributed by atoms with Crippen molar-refractivity contribution in [3.8, 4) is 11.8 Å². The predicted molar refractivity (Wildman–Crippen MR) is 115 cm³/mol. The summed E-state index contributed by atoms with van der Waals surface area (Å²) >= 11 is 4.55. The van der Waals surface area contributed by atoms with E-state index in [1.165, 1.54) is 15.7 Å². The van der Waals surface area contributed by atoms with Gasteiger partial charge in [-0.05, 0) is 12.1 Å². The van der Waals surface area contributed by atoms with E-state index in [1.807, 2.05) is 12.1 Å². The van der Waals surface area contributed by atoms with Crippen molar-refractivity contribution in [2.75, 3.05) is 23.3 Å². The van der Waals surface area contributed by atoms with Crippen LogP contribution in [0.15, 0.2) is 36.7 Å². The third-order valence-corrected chi connectivity index (χ3v) is 2.78. The van der Waals surface area contributed by atoms with Gasteiger partial charge in [0.1, 0.15) is 6.10 Å². The summed E-state index contributed by atoms with van der Waals surface area (Å²) in [5.41, 5.74) is 1.69. The molecule has 9 heteroatoms. The summed E-state index contributed by atoms with van der Waals surface area (Å²) in [6.07, 6.45) is 4.28. The monoisotopic (exact) mass is 578 g/mol. The van der Waals surface area contributed by atoms with Gasteiger partial charge in [0.2, 0.25) is 11.8 Å². The molecule has 26 heavy (non-hydrogen) atoms. The summed E-state index contributed by atoms with van der Waals surface area (Å²) in [5, 5.41) is 0. The van der Waals surface area contributed by atoms with Crippen LogP contribution in [0, 0.1) is 7.43 Å². The minimum atomic E-state index is 0. The van der Waals surface area contributed by atoms with Gasteiger partial charge in [0, 0.05) is 35.7 Å². The number of ether oxygens (including phenoxy) is 3. The first kappa shape index (κ1) is 27.8. The minimum absolute atomic E-state index is 0. The number of carbonyl (C=O) groups excluding carboxylic acids is 1. The van der Waals surface area contributed by atoms with E-state index in [-0.39, 0.29) is 32.4 Å². The fraction of sp³-hybridized carbons (Fsp3) is 0.294. The van der Waals surface area contributed by atoms with Crippen molar-refractivity contribution >= 4 is 51.5 Å². The molecule has 3 heterocycles. The van der Waals surface area contributed by atoms with Gasteiger partial charge < -0.3 is 21.6 Å².